The third kappa shape index (κ3) is 7.34. The predicted octanol–water partition coefficient (Wildman–Crippen LogP) is 5.70. The summed E-state index contributed by atoms with van der Waals surface area (Å²) in [7, 11) is 0. The van der Waals surface area contributed by atoms with Crippen molar-refractivity contribution in [3.05, 3.63) is 0 Å². The molecule has 1 N–H and O–H groups in total. The van der Waals surface area contributed by atoms with Crippen molar-refractivity contribution in [3.8, 4) is 0 Å². The average Bonchev–Trinajstić information content (AvgIpc) is 2.45. The summed E-state index contributed by atoms with van der Waals surface area (Å²) in [5.74, 6) is 1.58. The zero-order valence-corrected chi connectivity index (χ0v) is 13.4. The molecule has 0 bridgehead atoms. The molecule has 1 rings (SSSR count). The van der Waals surface area contributed by atoms with Crippen LogP contribution in [-0.4, -0.2) is 11.2 Å². The molecule has 0 amide bonds. The Morgan fingerprint density at radius 3 is 2.11 bits per heavy atom. The van der Waals surface area contributed by atoms with E-state index in [1.807, 2.05) is 0 Å². The van der Waals surface area contributed by atoms with E-state index in [0.29, 0.717) is 5.92 Å². The van der Waals surface area contributed by atoms with Crippen molar-refractivity contribution in [2.75, 3.05) is 0 Å². The molecule has 0 radical (unpaired) electrons. The quantitative estimate of drug-likeness (QED) is 0.503. The summed E-state index contributed by atoms with van der Waals surface area (Å²) in [5.41, 5.74) is 0. The van der Waals surface area contributed by atoms with Crippen LogP contribution in [0.5, 0.6) is 0 Å². The third-order valence-corrected chi connectivity index (χ3v) is 5.00. The Balaban J connectivity index is 2.06. The fourth-order valence-corrected chi connectivity index (χ4v) is 3.55. The monoisotopic (exact) mass is 268 g/mol. The van der Waals surface area contributed by atoms with Gasteiger partial charge in [0.25, 0.3) is 0 Å². The van der Waals surface area contributed by atoms with Gasteiger partial charge in [0.1, 0.15) is 0 Å². The normalized spacial score (nSPS) is 25.4. The van der Waals surface area contributed by atoms with Crippen molar-refractivity contribution in [1.29, 1.82) is 0 Å². The standard InChI is InChI=1S/C18H36O/c1-3-5-7-8-9-11-18(19)17-14-12-16(13-15-17)10-6-4-2/h16-19H,3-15H2,1-2H3. The Hall–Kier alpha value is -0.0400. The molecule has 0 aromatic heterocycles. The zero-order valence-electron chi connectivity index (χ0n) is 13.4. The van der Waals surface area contributed by atoms with Gasteiger partial charge in [-0.25, -0.2) is 0 Å². The van der Waals surface area contributed by atoms with Crippen LogP contribution < -0.4 is 0 Å². The maximum atomic E-state index is 10.3. The minimum absolute atomic E-state index is 0.00579. The summed E-state index contributed by atoms with van der Waals surface area (Å²) in [6, 6.07) is 0. The van der Waals surface area contributed by atoms with E-state index in [1.54, 1.807) is 0 Å². The van der Waals surface area contributed by atoms with Crippen molar-refractivity contribution in [2.45, 2.75) is 103 Å². The van der Waals surface area contributed by atoms with Crippen molar-refractivity contribution < 1.29 is 5.11 Å². The molecule has 1 saturated carbocycles. The molecule has 0 heterocycles. The summed E-state index contributed by atoms with van der Waals surface area (Å²) in [4.78, 5) is 0. The van der Waals surface area contributed by atoms with Gasteiger partial charge in [0.15, 0.2) is 0 Å². The van der Waals surface area contributed by atoms with Crippen molar-refractivity contribution in [3.63, 3.8) is 0 Å². The molecule has 0 aromatic rings. The molecule has 1 nitrogen and oxygen atoms in total. The van der Waals surface area contributed by atoms with E-state index in [0.717, 1.165) is 12.3 Å². The Morgan fingerprint density at radius 2 is 1.47 bits per heavy atom. The number of rotatable bonds is 10. The van der Waals surface area contributed by atoms with E-state index in [-0.39, 0.29) is 6.10 Å². The van der Waals surface area contributed by atoms with Crippen molar-refractivity contribution in [2.24, 2.45) is 11.8 Å². The van der Waals surface area contributed by atoms with Crippen LogP contribution in [0.2, 0.25) is 0 Å². The fourth-order valence-electron chi connectivity index (χ4n) is 3.55. The minimum atomic E-state index is -0.00579. The number of aliphatic hydroxyl groups excluding tert-OH is 1. The van der Waals surface area contributed by atoms with Crippen molar-refractivity contribution in [1.82, 2.24) is 0 Å². The molecule has 1 fully saturated rings. The topological polar surface area (TPSA) is 20.2 Å². The average molecular weight is 268 g/mol. The first-order chi connectivity index (χ1) is 9.27. The molecule has 0 aliphatic heterocycles. The van der Waals surface area contributed by atoms with Crippen LogP contribution in [0.3, 0.4) is 0 Å². The van der Waals surface area contributed by atoms with E-state index in [2.05, 4.69) is 13.8 Å². The van der Waals surface area contributed by atoms with E-state index >= 15 is 0 Å². The second-order valence-corrected chi connectivity index (χ2v) is 6.69. The summed E-state index contributed by atoms with van der Waals surface area (Å²) in [6.07, 6.45) is 17.1. The van der Waals surface area contributed by atoms with Gasteiger partial charge in [0.05, 0.1) is 6.10 Å². The Morgan fingerprint density at radius 1 is 0.842 bits per heavy atom. The van der Waals surface area contributed by atoms with Crippen LogP contribution in [-0.2, 0) is 0 Å². The molecular formula is C18H36O. The van der Waals surface area contributed by atoms with E-state index < -0.39 is 0 Å². The lowest BCUT2D eigenvalue weighted by Gasteiger charge is -2.31. The van der Waals surface area contributed by atoms with Gasteiger partial charge in [-0.05, 0) is 31.1 Å². The Labute approximate surface area is 121 Å². The molecular weight excluding hydrogens is 232 g/mol. The molecule has 19 heavy (non-hydrogen) atoms. The molecule has 1 unspecified atom stereocenters. The van der Waals surface area contributed by atoms with Gasteiger partial charge in [-0.2, -0.15) is 0 Å². The number of hydrogen-bond donors (Lipinski definition) is 1. The van der Waals surface area contributed by atoms with Crippen LogP contribution in [0.1, 0.15) is 97.3 Å². The maximum absolute atomic E-state index is 10.3. The zero-order chi connectivity index (χ0) is 13.9. The van der Waals surface area contributed by atoms with Crippen molar-refractivity contribution >= 4 is 0 Å². The lowest BCUT2D eigenvalue weighted by molar-refractivity contribution is 0.0634. The van der Waals surface area contributed by atoms with Gasteiger partial charge in [0.2, 0.25) is 0 Å². The summed E-state index contributed by atoms with van der Waals surface area (Å²) in [5, 5.41) is 10.3. The molecule has 0 saturated heterocycles. The van der Waals surface area contributed by atoms with Gasteiger partial charge >= 0.3 is 0 Å². The largest absolute Gasteiger partial charge is 0.393 e. The SMILES string of the molecule is CCCCCCCC(O)C1CCC(CCCC)CC1. The summed E-state index contributed by atoms with van der Waals surface area (Å²) >= 11 is 0. The molecule has 1 aliphatic rings. The fraction of sp³-hybridized carbons (Fsp3) is 1.00. The third-order valence-electron chi connectivity index (χ3n) is 5.00. The van der Waals surface area contributed by atoms with Gasteiger partial charge in [0, 0.05) is 0 Å². The first kappa shape index (κ1) is 17.0. The van der Waals surface area contributed by atoms with Crippen LogP contribution in [0.15, 0.2) is 0 Å². The van der Waals surface area contributed by atoms with Crippen LogP contribution in [0.4, 0.5) is 0 Å². The highest BCUT2D eigenvalue weighted by Gasteiger charge is 2.25. The minimum Gasteiger partial charge on any atom is -0.393 e. The number of hydrogen-bond acceptors (Lipinski definition) is 1. The smallest absolute Gasteiger partial charge is 0.0568 e. The van der Waals surface area contributed by atoms with Crippen LogP contribution >= 0.6 is 0 Å². The van der Waals surface area contributed by atoms with E-state index in [4.69, 9.17) is 0 Å². The maximum Gasteiger partial charge on any atom is 0.0568 e. The van der Waals surface area contributed by atoms with Crippen LogP contribution in [0.25, 0.3) is 0 Å². The molecule has 1 heteroatoms. The van der Waals surface area contributed by atoms with Gasteiger partial charge in [-0.1, -0.05) is 78.1 Å². The highest BCUT2D eigenvalue weighted by molar-refractivity contribution is 4.77. The Kier molecular flexibility index (Phi) is 9.59. The second-order valence-electron chi connectivity index (χ2n) is 6.69. The van der Waals surface area contributed by atoms with Gasteiger partial charge in [-0.15, -0.1) is 0 Å². The Bertz CT molecular complexity index is 194. The molecule has 1 aliphatic carbocycles. The first-order valence-electron chi connectivity index (χ1n) is 8.96. The molecule has 0 spiro atoms. The lowest BCUT2D eigenvalue weighted by Crippen LogP contribution is -2.25. The van der Waals surface area contributed by atoms with E-state index in [9.17, 15) is 5.11 Å². The summed E-state index contributed by atoms with van der Waals surface area (Å²) in [6.45, 7) is 4.54. The number of aliphatic hydroxyl groups is 1. The first-order valence-corrected chi connectivity index (χ1v) is 8.96. The van der Waals surface area contributed by atoms with Gasteiger partial charge in [-0.3, -0.25) is 0 Å². The molecule has 0 aromatic carbocycles. The summed E-state index contributed by atoms with van der Waals surface area (Å²) < 4.78 is 0. The lowest BCUT2D eigenvalue weighted by atomic mass is 9.77. The predicted molar refractivity (Wildman–Crippen MR) is 84.4 cm³/mol. The van der Waals surface area contributed by atoms with Crippen LogP contribution in [0, 0.1) is 11.8 Å². The molecule has 114 valence electrons. The van der Waals surface area contributed by atoms with E-state index in [1.165, 1.54) is 77.0 Å². The van der Waals surface area contributed by atoms with Gasteiger partial charge < -0.3 is 5.11 Å². The second kappa shape index (κ2) is 10.7. The number of unbranched alkanes of at least 4 members (excludes halogenated alkanes) is 5. The molecule has 1 atom stereocenters. The highest BCUT2D eigenvalue weighted by Crippen LogP contribution is 2.34. The highest BCUT2D eigenvalue weighted by atomic mass is 16.3.